The van der Waals surface area contributed by atoms with Crippen molar-refractivity contribution in [3.05, 3.63) is 15.8 Å². The highest BCUT2D eigenvalue weighted by Crippen LogP contribution is 2.28. The third-order valence-corrected chi connectivity index (χ3v) is 6.08. The van der Waals surface area contributed by atoms with Crippen LogP contribution in [0.4, 0.5) is 0 Å². The van der Waals surface area contributed by atoms with Crippen molar-refractivity contribution in [1.82, 2.24) is 4.31 Å². The Morgan fingerprint density at radius 1 is 1.47 bits per heavy atom. The van der Waals surface area contributed by atoms with Crippen LogP contribution in [0.2, 0.25) is 0 Å². The van der Waals surface area contributed by atoms with Crippen LogP contribution in [0, 0.1) is 6.92 Å². The van der Waals surface area contributed by atoms with E-state index in [0.717, 1.165) is 9.75 Å². The van der Waals surface area contributed by atoms with E-state index in [4.69, 9.17) is 5.73 Å². The first-order valence-corrected chi connectivity index (χ1v) is 7.91. The summed E-state index contributed by atoms with van der Waals surface area (Å²) in [6.07, 6.45) is 0. The smallest absolute Gasteiger partial charge is 0.244 e. The Morgan fingerprint density at radius 3 is 2.41 bits per heavy atom. The molecule has 0 radical (unpaired) electrons. The SMILES string of the molecule is CCN(C(C)C)S(=O)(=O)c1cc(CN)sc1C. The van der Waals surface area contributed by atoms with E-state index >= 15 is 0 Å². The van der Waals surface area contributed by atoms with Gasteiger partial charge < -0.3 is 5.73 Å². The minimum atomic E-state index is -3.38. The van der Waals surface area contributed by atoms with Crippen molar-refractivity contribution in [2.75, 3.05) is 6.54 Å². The lowest BCUT2D eigenvalue weighted by atomic mass is 10.4. The number of aryl methyl sites for hydroxylation is 1. The lowest BCUT2D eigenvalue weighted by molar-refractivity contribution is 0.369. The summed E-state index contributed by atoms with van der Waals surface area (Å²) in [4.78, 5) is 2.11. The average molecular weight is 276 g/mol. The van der Waals surface area contributed by atoms with Crippen LogP contribution in [-0.4, -0.2) is 25.3 Å². The van der Waals surface area contributed by atoms with Crippen molar-refractivity contribution in [3.8, 4) is 0 Å². The zero-order valence-corrected chi connectivity index (χ0v) is 12.4. The quantitative estimate of drug-likeness (QED) is 0.894. The van der Waals surface area contributed by atoms with E-state index in [2.05, 4.69) is 0 Å². The first-order valence-electron chi connectivity index (χ1n) is 5.65. The summed E-state index contributed by atoms with van der Waals surface area (Å²) in [6.45, 7) is 8.30. The molecule has 0 amide bonds. The summed E-state index contributed by atoms with van der Waals surface area (Å²) < 4.78 is 26.4. The van der Waals surface area contributed by atoms with Crippen LogP contribution >= 0.6 is 11.3 Å². The Balaban J connectivity index is 3.24. The Labute approximate surface area is 107 Å². The van der Waals surface area contributed by atoms with Gasteiger partial charge in [-0.05, 0) is 26.8 Å². The van der Waals surface area contributed by atoms with E-state index < -0.39 is 10.0 Å². The zero-order chi connectivity index (χ0) is 13.2. The normalized spacial score (nSPS) is 12.6. The summed E-state index contributed by atoms with van der Waals surface area (Å²) in [5, 5.41) is 0. The number of hydrogen-bond acceptors (Lipinski definition) is 4. The molecule has 0 spiro atoms. The van der Waals surface area contributed by atoms with Crippen molar-refractivity contribution < 1.29 is 8.42 Å². The standard InChI is InChI=1S/C11H20N2O2S2/c1-5-13(8(2)3)17(14,15)11-6-10(7-12)16-9(11)4/h6,8H,5,7,12H2,1-4H3. The average Bonchev–Trinajstić information content (AvgIpc) is 2.60. The van der Waals surface area contributed by atoms with Gasteiger partial charge in [0.2, 0.25) is 10.0 Å². The van der Waals surface area contributed by atoms with Gasteiger partial charge in [-0.1, -0.05) is 6.92 Å². The summed E-state index contributed by atoms with van der Waals surface area (Å²) in [5.74, 6) is 0. The molecule has 0 unspecified atom stereocenters. The molecular weight excluding hydrogens is 256 g/mol. The Morgan fingerprint density at radius 2 is 2.06 bits per heavy atom. The molecule has 4 nitrogen and oxygen atoms in total. The number of nitrogens with two attached hydrogens (primary N) is 1. The van der Waals surface area contributed by atoms with Crippen LogP contribution in [0.25, 0.3) is 0 Å². The summed E-state index contributed by atoms with van der Waals surface area (Å²) >= 11 is 1.45. The third kappa shape index (κ3) is 2.88. The van der Waals surface area contributed by atoms with Gasteiger partial charge in [0, 0.05) is 28.9 Å². The Kier molecular flexibility index (Phi) is 4.71. The van der Waals surface area contributed by atoms with Gasteiger partial charge in [0.25, 0.3) is 0 Å². The maximum Gasteiger partial charge on any atom is 0.244 e. The molecule has 0 aliphatic heterocycles. The first kappa shape index (κ1) is 14.6. The molecule has 6 heteroatoms. The van der Waals surface area contributed by atoms with Gasteiger partial charge in [-0.15, -0.1) is 11.3 Å². The maximum absolute atomic E-state index is 12.4. The molecule has 98 valence electrons. The van der Waals surface area contributed by atoms with Gasteiger partial charge in [0.05, 0.1) is 4.90 Å². The largest absolute Gasteiger partial charge is 0.326 e. The number of rotatable bonds is 5. The zero-order valence-electron chi connectivity index (χ0n) is 10.7. The second-order valence-electron chi connectivity index (χ2n) is 4.14. The van der Waals surface area contributed by atoms with Crippen molar-refractivity contribution in [2.45, 2.75) is 45.2 Å². The fourth-order valence-electron chi connectivity index (χ4n) is 1.82. The van der Waals surface area contributed by atoms with Crippen LogP contribution in [0.5, 0.6) is 0 Å². The molecule has 1 aromatic heterocycles. The molecular formula is C11H20N2O2S2. The molecule has 1 heterocycles. The van der Waals surface area contributed by atoms with Crippen LogP contribution < -0.4 is 5.73 Å². The van der Waals surface area contributed by atoms with Crippen LogP contribution in [0.3, 0.4) is 0 Å². The summed E-state index contributed by atoms with van der Waals surface area (Å²) in [5.41, 5.74) is 5.55. The van der Waals surface area contributed by atoms with E-state index in [1.807, 2.05) is 27.7 Å². The van der Waals surface area contributed by atoms with Crippen molar-refractivity contribution >= 4 is 21.4 Å². The van der Waals surface area contributed by atoms with Crippen LogP contribution in [0.1, 0.15) is 30.5 Å². The van der Waals surface area contributed by atoms with E-state index in [-0.39, 0.29) is 6.04 Å². The van der Waals surface area contributed by atoms with Gasteiger partial charge in [-0.2, -0.15) is 4.31 Å². The van der Waals surface area contributed by atoms with Crippen LogP contribution in [0.15, 0.2) is 11.0 Å². The molecule has 17 heavy (non-hydrogen) atoms. The topological polar surface area (TPSA) is 63.4 Å². The third-order valence-electron chi connectivity index (χ3n) is 2.60. The lowest BCUT2D eigenvalue weighted by Crippen LogP contribution is -2.36. The Bertz CT molecular complexity index is 478. The molecule has 0 aliphatic rings. The second kappa shape index (κ2) is 5.48. The second-order valence-corrected chi connectivity index (χ2v) is 7.34. The predicted octanol–water partition coefficient (Wildman–Crippen LogP) is 1.93. The van der Waals surface area contributed by atoms with Gasteiger partial charge in [0.15, 0.2) is 0 Å². The first-order chi connectivity index (χ1) is 7.84. The van der Waals surface area contributed by atoms with Crippen molar-refractivity contribution in [3.63, 3.8) is 0 Å². The highest BCUT2D eigenvalue weighted by molar-refractivity contribution is 7.89. The number of sulfonamides is 1. The van der Waals surface area contributed by atoms with Crippen LogP contribution in [-0.2, 0) is 16.6 Å². The molecule has 0 aliphatic carbocycles. The molecule has 0 atom stereocenters. The van der Waals surface area contributed by atoms with Gasteiger partial charge in [-0.3, -0.25) is 0 Å². The maximum atomic E-state index is 12.4. The minimum Gasteiger partial charge on any atom is -0.326 e. The molecule has 0 aromatic carbocycles. The van der Waals surface area contributed by atoms with Gasteiger partial charge in [0.1, 0.15) is 0 Å². The van der Waals surface area contributed by atoms with Gasteiger partial charge in [-0.25, -0.2) is 8.42 Å². The molecule has 2 N–H and O–H groups in total. The molecule has 0 fully saturated rings. The highest BCUT2D eigenvalue weighted by atomic mass is 32.2. The molecule has 1 rings (SSSR count). The number of thiophene rings is 1. The highest BCUT2D eigenvalue weighted by Gasteiger charge is 2.28. The lowest BCUT2D eigenvalue weighted by Gasteiger charge is -2.24. The van der Waals surface area contributed by atoms with E-state index in [9.17, 15) is 8.42 Å². The number of nitrogens with zero attached hydrogens (tertiary/aromatic N) is 1. The monoisotopic (exact) mass is 276 g/mol. The molecule has 0 saturated carbocycles. The van der Waals surface area contributed by atoms with Gasteiger partial charge >= 0.3 is 0 Å². The van der Waals surface area contributed by atoms with Crippen molar-refractivity contribution in [2.24, 2.45) is 5.73 Å². The van der Waals surface area contributed by atoms with E-state index in [0.29, 0.717) is 18.0 Å². The molecule has 0 saturated heterocycles. The molecule has 0 bridgehead atoms. The summed E-state index contributed by atoms with van der Waals surface area (Å²) in [7, 11) is -3.38. The predicted molar refractivity (Wildman–Crippen MR) is 71.6 cm³/mol. The molecule has 1 aromatic rings. The minimum absolute atomic E-state index is 0.0365. The fourth-order valence-corrected chi connectivity index (χ4v) is 4.95. The Hall–Kier alpha value is -0.430. The van der Waals surface area contributed by atoms with E-state index in [1.54, 1.807) is 6.07 Å². The summed E-state index contributed by atoms with van der Waals surface area (Å²) in [6, 6.07) is 1.66. The fraction of sp³-hybridized carbons (Fsp3) is 0.636. The van der Waals surface area contributed by atoms with Crippen molar-refractivity contribution in [1.29, 1.82) is 0 Å². The van der Waals surface area contributed by atoms with E-state index in [1.165, 1.54) is 15.6 Å². The number of hydrogen-bond donors (Lipinski definition) is 1.